The standard InChI is InChI=1S/C12H22N2O2S/c1-7(11-9(3)17-10(4)14-11)13-8(2)12(15-5)16-6/h7-8,12-13H,1-6H3. The minimum Gasteiger partial charge on any atom is -0.354 e. The number of nitrogens with one attached hydrogen (secondary N) is 1. The Labute approximate surface area is 107 Å². The monoisotopic (exact) mass is 258 g/mol. The van der Waals surface area contributed by atoms with Crippen LogP contribution in [0.5, 0.6) is 0 Å². The topological polar surface area (TPSA) is 43.4 Å². The molecular weight excluding hydrogens is 236 g/mol. The summed E-state index contributed by atoms with van der Waals surface area (Å²) in [5.74, 6) is 0. The first kappa shape index (κ1) is 14.6. The van der Waals surface area contributed by atoms with Gasteiger partial charge in [0.15, 0.2) is 6.29 Å². The Morgan fingerprint density at radius 3 is 2.18 bits per heavy atom. The smallest absolute Gasteiger partial charge is 0.171 e. The largest absolute Gasteiger partial charge is 0.354 e. The van der Waals surface area contributed by atoms with Crippen LogP contribution in [-0.4, -0.2) is 31.5 Å². The van der Waals surface area contributed by atoms with Gasteiger partial charge in [0.25, 0.3) is 0 Å². The van der Waals surface area contributed by atoms with Gasteiger partial charge >= 0.3 is 0 Å². The lowest BCUT2D eigenvalue weighted by molar-refractivity contribution is -0.120. The highest BCUT2D eigenvalue weighted by atomic mass is 32.1. The lowest BCUT2D eigenvalue weighted by atomic mass is 10.2. The number of ether oxygens (including phenoxy) is 2. The van der Waals surface area contributed by atoms with Crippen molar-refractivity contribution in [3.8, 4) is 0 Å². The normalized spacial score (nSPS) is 15.2. The van der Waals surface area contributed by atoms with Crippen LogP contribution in [0.15, 0.2) is 0 Å². The molecule has 1 rings (SSSR count). The Bertz CT molecular complexity index is 350. The molecule has 0 spiro atoms. The van der Waals surface area contributed by atoms with E-state index >= 15 is 0 Å². The lowest BCUT2D eigenvalue weighted by Crippen LogP contribution is -2.41. The fourth-order valence-corrected chi connectivity index (χ4v) is 2.92. The number of hydrogen-bond donors (Lipinski definition) is 1. The molecule has 1 aromatic rings. The quantitative estimate of drug-likeness (QED) is 0.796. The summed E-state index contributed by atoms with van der Waals surface area (Å²) in [6.45, 7) is 8.29. The van der Waals surface area contributed by atoms with Crippen molar-refractivity contribution in [2.45, 2.75) is 46.1 Å². The summed E-state index contributed by atoms with van der Waals surface area (Å²) in [5, 5.41) is 4.55. The van der Waals surface area contributed by atoms with E-state index in [2.05, 4.69) is 24.1 Å². The molecule has 98 valence electrons. The van der Waals surface area contributed by atoms with E-state index in [0.29, 0.717) is 0 Å². The minimum atomic E-state index is -0.238. The van der Waals surface area contributed by atoms with Gasteiger partial charge in [0.1, 0.15) is 0 Å². The zero-order valence-electron chi connectivity index (χ0n) is 11.4. The van der Waals surface area contributed by atoms with Crippen LogP contribution in [0.2, 0.25) is 0 Å². The molecule has 0 fully saturated rings. The van der Waals surface area contributed by atoms with Crippen LogP contribution in [0.25, 0.3) is 0 Å². The second kappa shape index (κ2) is 6.44. The summed E-state index contributed by atoms with van der Waals surface area (Å²) in [6.07, 6.45) is -0.238. The van der Waals surface area contributed by atoms with Gasteiger partial charge in [-0.2, -0.15) is 0 Å². The van der Waals surface area contributed by atoms with Crippen molar-refractivity contribution < 1.29 is 9.47 Å². The van der Waals surface area contributed by atoms with E-state index in [4.69, 9.17) is 9.47 Å². The van der Waals surface area contributed by atoms with Crippen LogP contribution in [-0.2, 0) is 9.47 Å². The van der Waals surface area contributed by atoms with Crippen molar-refractivity contribution in [3.63, 3.8) is 0 Å². The maximum absolute atomic E-state index is 5.23. The molecule has 0 amide bonds. The van der Waals surface area contributed by atoms with Crippen LogP contribution in [0.1, 0.15) is 35.5 Å². The molecule has 5 heteroatoms. The Morgan fingerprint density at radius 1 is 1.18 bits per heavy atom. The zero-order valence-corrected chi connectivity index (χ0v) is 12.2. The maximum Gasteiger partial charge on any atom is 0.171 e. The van der Waals surface area contributed by atoms with Crippen LogP contribution < -0.4 is 5.32 Å². The minimum absolute atomic E-state index is 0.112. The molecule has 0 bridgehead atoms. The number of methoxy groups -OCH3 is 2. The van der Waals surface area contributed by atoms with Crippen LogP contribution >= 0.6 is 11.3 Å². The van der Waals surface area contributed by atoms with Gasteiger partial charge in [-0.3, -0.25) is 0 Å². The third kappa shape index (κ3) is 3.74. The molecule has 0 aromatic carbocycles. The summed E-state index contributed by atoms with van der Waals surface area (Å²) in [4.78, 5) is 5.81. The first-order valence-corrected chi connectivity index (χ1v) is 6.56. The van der Waals surface area contributed by atoms with E-state index < -0.39 is 0 Å². The molecule has 4 nitrogen and oxygen atoms in total. The van der Waals surface area contributed by atoms with Gasteiger partial charge in [-0.25, -0.2) is 4.98 Å². The predicted molar refractivity (Wildman–Crippen MR) is 70.4 cm³/mol. The van der Waals surface area contributed by atoms with Crippen LogP contribution in [0, 0.1) is 13.8 Å². The number of aryl methyl sites for hydroxylation is 2. The first-order valence-electron chi connectivity index (χ1n) is 5.75. The van der Waals surface area contributed by atoms with Crippen molar-refractivity contribution >= 4 is 11.3 Å². The molecule has 1 aromatic heterocycles. The summed E-state index contributed by atoms with van der Waals surface area (Å²) < 4.78 is 10.5. The molecule has 0 aliphatic carbocycles. The lowest BCUT2D eigenvalue weighted by Gasteiger charge is -2.25. The number of rotatable bonds is 6. The second-order valence-corrected chi connectivity index (χ2v) is 5.60. The SMILES string of the molecule is COC(OC)C(C)NC(C)c1nc(C)sc1C. The number of thiazole rings is 1. The summed E-state index contributed by atoms with van der Waals surface area (Å²) in [5.41, 5.74) is 1.12. The van der Waals surface area contributed by atoms with Gasteiger partial charge in [-0.15, -0.1) is 11.3 Å². The van der Waals surface area contributed by atoms with Crippen molar-refractivity contribution in [1.82, 2.24) is 10.3 Å². The average molecular weight is 258 g/mol. The van der Waals surface area contributed by atoms with Crippen molar-refractivity contribution in [2.24, 2.45) is 0 Å². The summed E-state index contributed by atoms with van der Waals surface area (Å²) >= 11 is 1.73. The summed E-state index contributed by atoms with van der Waals surface area (Å²) in [6, 6.07) is 0.309. The van der Waals surface area contributed by atoms with E-state index in [0.717, 1.165) is 10.7 Å². The molecule has 2 unspecified atom stereocenters. The van der Waals surface area contributed by atoms with E-state index in [1.807, 2.05) is 13.8 Å². The molecule has 0 saturated carbocycles. The van der Waals surface area contributed by atoms with Crippen molar-refractivity contribution in [1.29, 1.82) is 0 Å². The number of nitrogens with zero attached hydrogens (tertiary/aromatic N) is 1. The maximum atomic E-state index is 5.23. The molecule has 17 heavy (non-hydrogen) atoms. The fourth-order valence-electron chi connectivity index (χ4n) is 2.00. The first-order chi connectivity index (χ1) is 7.99. The van der Waals surface area contributed by atoms with E-state index in [9.17, 15) is 0 Å². The highest BCUT2D eigenvalue weighted by Gasteiger charge is 2.20. The van der Waals surface area contributed by atoms with E-state index in [1.54, 1.807) is 25.6 Å². The van der Waals surface area contributed by atoms with Gasteiger partial charge < -0.3 is 14.8 Å². The third-order valence-electron chi connectivity index (χ3n) is 2.74. The second-order valence-electron chi connectivity index (χ2n) is 4.19. The Hall–Kier alpha value is -0.490. The predicted octanol–water partition coefficient (Wildman–Crippen LogP) is 2.42. The Kier molecular flexibility index (Phi) is 5.52. The van der Waals surface area contributed by atoms with Gasteiger partial charge in [0, 0.05) is 25.1 Å². The van der Waals surface area contributed by atoms with Gasteiger partial charge in [-0.05, 0) is 27.7 Å². The highest BCUT2D eigenvalue weighted by molar-refractivity contribution is 7.11. The number of aromatic nitrogens is 1. The fraction of sp³-hybridized carbons (Fsp3) is 0.750. The zero-order chi connectivity index (χ0) is 13.0. The Balaban J connectivity index is 2.65. The van der Waals surface area contributed by atoms with Crippen LogP contribution in [0.4, 0.5) is 0 Å². The molecule has 0 radical (unpaired) electrons. The molecule has 0 aliphatic rings. The molecule has 0 aliphatic heterocycles. The molecule has 1 heterocycles. The third-order valence-corrected chi connectivity index (χ3v) is 3.64. The summed E-state index contributed by atoms with van der Waals surface area (Å²) in [7, 11) is 3.30. The van der Waals surface area contributed by atoms with E-state index in [-0.39, 0.29) is 18.4 Å². The van der Waals surface area contributed by atoms with Gasteiger partial charge in [0.05, 0.1) is 16.7 Å². The molecular formula is C12H22N2O2S. The van der Waals surface area contributed by atoms with Crippen LogP contribution in [0.3, 0.4) is 0 Å². The average Bonchev–Trinajstić information content (AvgIpc) is 2.59. The van der Waals surface area contributed by atoms with Gasteiger partial charge in [0.2, 0.25) is 0 Å². The Morgan fingerprint density at radius 2 is 1.76 bits per heavy atom. The highest BCUT2D eigenvalue weighted by Crippen LogP contribution is 2.23. The van der Waals surface area contributed by atoms with Crippen molar-refractivity contribution in [3.05, 3.63) is 15.6 Å². The molecule has 2 atom stereocenters. The van der Waals surface area contributed by atoms with Crippen molar-refractivity contribution in [2.75, 3.05) is 14.2 Å². The van der Waals surface area contributed by atoms with E-state index in [1.165, 1.54) is 4.88 Å². The molecule has 1 N–H and O–H groups in total. The molecule has 0 saturated heterocycles. The van der Waals surface area contributed by atoms with Gasteiger partial charge in [-0.1, -0.05) is 0 Å². The number of hydrogen-bond acceptors (Lipinski definition) is 5.